The van der Waals surface area contributed by atoms with Gasteiger partial charge in [-0.15, -0.1) is 0 Å². The van der Waals surface area contributed by atoms with E-state index in [1.54, 1.807) is 65.8 Å². The zero-order valence-corrected chi connectivity index (χ0v) is 44.1. The second-order valence-electron chi connectivity index (χ2n) is 19.1. The number of aliphatic hydroxyl groups excluding tert-OH is 1. The Kier molecular flexibility index (Phi) is 18.0. The first kappa shape index (κ1) is 54.1. The molecule has 0 aliphatic carbocycles. The molecule has 17 nitrogen and oxygen atoms in total. The minimum Gasteiger partial charge on any atom is -0.493 e. The van der Waals surface area contributed by atoms with Crippen molar-refractivity contribution in [2.75, 3.05) is 49.9 Å². The molecular formula is C57H66N6O11S. The molecule has 5 heterocycles. The molecule has 75 heavy (non-hydrogen) atoms. The van der Waals surface area contributed by atoms with Crippen molar-refractivity contribution in [2.45, 2.75) is 115 Å². The van der Waals surface area contributed by atoms with Crippen LogP contribution in [0.2, 0.25) is 0 Å². The topological polar surface area (TPSA) is 197 Å². The Morgan fingerprint density at radius 1 is 0.813 bits per heavy atom. The van der Waals surface area contributed by atoms with Gasteiger partial charge in [-0.1, -0.05) is 42.9 Å². The van der Waals surface area contributed by atoms with Crippen LogP contribution in [0.5, 0.6) is 17.2 Å². The Morgan fingerprint density at radius 2 is 1.51 bits per heavy atom. The highest BCUT2D eigenvalue weighted by Gasteiger charge is 2.45. The number of imide groups is 1. The Bertz CT molecular complexity index is 2820. The van der Waals surface area contributed by atoms with E-state index < -0.39 is 18.4 Å². The maximum Gasteiger partial charge on any atom is 0.416 e. The fourth-order valence-electron chi connectivity index (χ4n) is 9.85. The Morgan fingerprint density at radius 3 is 2.21 bits per heavy atom. The number of nitrogens with one attached hydrogen (secondary N) is 1. The zero-order valence-electron chi connectivity index (χ0n) is 43.3. The number of unbranched alkanes of at least 4 members (excludes halogenated alkanes) is 4. The molecule has 3 aromatic rings. The van der Waals surface area contributed by atoms with Gasteiger partial charge in [0.25, 0.3) is 11.8 Å². The number of Topliss-reactive ketones (excluding diaryl/α,β-unsaturated/α-hetero) is 1. The summed E-state index contributed by atoms with van der Waals surface area (Å²) in [6, 6.07) is 12.9. The van der Waals surface area contributed by atoms with Gasteiger partial charge in [0, 0.05) is 55.8 Å². The molecule has 396 valence electrons. The number of allylic oxidation sites excluding steroid dienone is 4. The molecule has 5 aliphatic heterocycles. The Hall–Kier alpha value is -7.18. The van der Waals surface area contributed by atoms with E-state index in [0.29, 0.717) is 110 Å². The summed E-state index contributed by atoms with van der Waals surface area (Å²) < 4.78 is 23.9. The normalized spacial score (nSPS) is 20.0. The van der Waals surface area contributed by atoms with E-state index in [2.05, 4.69) is 10.3 Å². The number of hydrogen-bond acceptors (Lipinski definition) is 14. The molecule has 5 amide bonds. The summed E-state index contributed by atoms with van der Waals surface area (Å²) in [6.45, 7) is 6.75. The van der Waals surface area contributed by atoms with Crippen LogP contribution < -0.4 is 24.4 Å². The van der Waals surface area contributed by atoms with Crippen LogP contribution in [0.25, 0.3) is 0 Å². The highest BCUT2D eigenvalue weighted by Crippen LogP contribution is 2.41. The third-order valence-electron chi connectivity index (χ3n) is 13.9. The number of benzene rings is 3. The van der Waals surface area contributed by atoms with Gasteiger partial charge >= 0.3 is 6.09 Å². The first-order valence-corrected chi connectivity index (χ1v) is 26.9. The fraction of sp³-hybridized carbons (Fsp3) is 0.421. The summed E-state index contributed by atoms with van der Waals surface area (Å²) in [5.41, 5.74) is 5.31. The minimum absolute atomic E-state index is 0.0339. The number of rotatable bonds is 23. The molecule has 1 fully saturated rings. The van der Waals surface area contributed by atoms with E-state index in [1.807, 2.05) is 57.5 Å². The van der Waals surface area contributed by atoms with E-state index in [-0.39, 0.29) is 71.5 Å². The van der Waals surface area contributed by atoms with Gasteiger partial charge in [-0.2, -0.15) is 11.8 Å². The SMILES string of the molecule is C/C=C/C1=CN2C(=O)c3cc(OC)c(OCCCCCOc4cc5c(cc4C)C(=O)N4C=C(/C=C/C)C[C@H]4[C@H](O)N5C(=O)OCc4ccc(NCC(=O)CCCCCN5C(=O)CC(SC)C5=O)cc4)cc3N=C[C@@H]2C1. The molecule has 0 spiro atoms. The van der Waals surface area contributed by atoms with Gasteiger partial charge < -0.3 is 39.2 Å². The standard InChI is InChI=1S/C57H66N6O11S/c1-6-14-38-25-41-31-59-45-28-50(49(71-4)27-43(45)53(66)61(41)33-38)73-23-13-9-12-22-72-48-29-46-44(24-36(48)3)54(67)62-34-39(15-7-2)26-47(62)55(68)63(46)57(70)74-35-37-17-19-40(20-18-37)58-32-42(64)16-10-8-11-21-60-52(65)30-51(75-5)56(60)69/h6-7,14-15,17-20,24,27-29,31,33-34,41,47,51,55,58,68H,8-13,16,21-23,25-26,30,32,35H2,1-5H3/b14-6+,15-7+/t41-,47-,51?,55-/m0/s1. The van der Waals surface area contributed by atoms with E-state index in [0.717, 1.165) is 28.9 Å². The molecule has 5 aliphatic rings. The number of amides is 5. The lowest BCUT2D eigenvalue weighted by atomic mass is 10.1. The zero-order chi connectivity index (χ0) is 53.2. The smallest absolute Gasteiger partial charge is 0.416 e. The number of ether oxygens (including phenoxy) is 4. The quantitative estimate of drug-likeness (QED) is 0.0674. The van der Waals surface area contributed by atoms with Crippen LogP contribution in [0, 0.1) is 6.92 Å². The van der Waals surface area contributed by atoms with Crippen molar-refractivity contribution in [3.63, 3.8) is 0 Å². The number of aliphatic imine (C=N–C) groups is 1. The number of likely N-dealkylation sites (tertiary alicyclic amines) is 1. The van der Waals surface area contributed by atoms with Gasteiger partial charge in [0.15, 0.2) is 23.5 Å². The van der Waals surface area contributed by atoms with Gasteiger partial charge in [0.1, 0.15) is 12.4 Å². The largest absolute Gasteiger partial charge is 0.493 e. The lowest BCUT2D eigenvalue weighted by molar-refractivity contribution is -0.138. The predicted molar refractivity (Wildman–Crippen MR) is 288 cm³/mol. The summed E-state index contributed by atoms with van der Waals surface area (Å²) in [5.74, 6) is 0.665. The molecule has 0 saturated carbocycles. The molecule has 3 aromatic carbocycles. The monoisotopic (exact) mass is 1040 g/mol. The van der Waals surface area contributed by atoms with Crippen molar-refractivity contribution in [1.82, 2.24) is 14.7 Å². The molecule has 1 unspecified atom stereocenters. The van der Waals surface area contributed by atoms with E-state index >= 15 is 0 Å². The second-order valence-corrected chi connectivity index (χ2v) is 20.2. The highest BCUT2D eigenvalue weighted by molar-refractivity contribution is 8.00. The van der Waals surface area contributed by atoms with Crippen LogP contribution in [-0.4, -0.2) is 125 Å². The van der Waals surface area contributed by atoms with Crippen LogP contribution in [0.15, 0.2) is 101 Å². The van der Waals surface area contributed by atoms with Crippen molar-refractivity contribution < 1.29 is 52.8 Å². The molecule has 2 N–H and O–H groups in total. The fourth-order valence-corrected chi connectivity index (χ4v) is 10.5. The van der Waals surface area contributed by atoms with Gasteiger partial charge in [0.05, 0.1) is 66.7 Å². The number of aryl methyl sites for hydroxylation is 1. The molecule has 8 rings (SSSR count). The summed E-state index contributed by atoms with van der Waals surface area (Å²) in [7, 11) is 1.54. The molecular weight excluding hydrogens is 977 g/mol. The third-order valence-corrected chi connectivity index (χ3v) is 14.8. The summed E-state index contributed by atoms with van der Waals surface area (Å²) in [4.78, 5) is 89.4. The third kappa shape index (κ3) is 12.5. The van der Waals surface area contributed by atoms with Crippen molar-refractivity contribution >= 4 is 70.5 Å². The van der Waals surface area contributed by atoms with Crippen molar-refractivity contribution in [3.8, 4) is 17.2 Å². The number of thioether (sulfide) groups is 1. The number of methoxy groups -OCH3 is 1. The van der Waals surface area contributed by atoms with Crippen molar-refractivity contribution in [3.05, 3.63) is 119 Å². The molecule has 0 bridgehead atoms. The van der Waals surface area contributed by atoms with Gasteiger partial charge in [0.2, 0.25) is 11.8 Å². The lowest BCUT2D eigenvalue weighted by Gasteiger charge is -2.31. The summed E-state index contributed by atoms with van der Waals surface area (Å²) in [6.07, 6.45) is 18.4. The first-order valence-electron chi connectivity index (χ1n) is 25.7. The van der Waals surface area contributed by atoms with Crippen LogP contribution >= 0.6 is 11.8 Å². The molecule has 0 aromatic heterocycles. The van der Waals surface area contributed by atoms with E-state index in [4.69, 9.17) is 18.9 Å². The molecule has 1 saturated heterocycles. The minimum atomic E-state index is -1.45. The lowest BCUT2D eigenvalue weighted by Crippen LogP contribution is -2.50. The van der Waals surface area contributed by atoms with Crippen LogP contribution in [-0.2, 0) is 25.7 Å². The Labute approximate surface area is 442 Å². The number of nitrogens with zero attached hydrogens (tertiary/aromatic N) is 5. The number of aliphatic hydroxyl groups is 1. The molecule has 18 heteroatoms. The van der Waals surface area contributed by atoms with Crippen molar-refractivity contribution in [2.24, 2.45) is 4.99 Å². The summed E-state index contributed by atoms with van der Waals surface area (Å²) in [5, 5.41) is 14.8. The van der Waals surface area contributed by atoms with Crippen LogP contribution in [0.3, 0.4) is 0 Å². The second kappa shape index (κ2) is 24.9. The van der Waals surface area contributed by atoms with Gasteiger partial charge in [-0.3, -0.25) is 33.9 Å². The number of carbonyl (C=O) groups excluding carboxylic acids is 6. The number of anilines is 2. The average molecular weight is 1040 g/mol. The number of carbonyl (C=O) groups is 6. The van der Waals surface area contributed by atoms with E-state index in [9.17, 15) is 33.9 Å². The number of fused-ring (bicyclic) bond motifs is 4. The Balaban J connectivity index is 0.838. The first-order chi connectivity index (χ1) is 36.3. The van der Waals surface area contributed by atoms with Crippen LogP contribution in [0.1, 0.15) is 110 Å². The molecule has 0 radical (unpaired) electrons. The predicted octanol–water partition coefficient (Wildman–Crippen LogP) is 9.20. The maximum atomic E-state index is 14.2. The average Bonchev–Trinajstić information content (AvgIpc) is 4.07. The number of hydrogen-bond donors (Lipinski definition) is 2. The molecule has 4 atom stereocenters. The van der Waals surface area contributed by atoms with Crippen molar-refractivity contribution in [1.29, 1.82) is 0 Å². The van der Waals surface area contributed by atoms with Crippen LogP contribution in [0.4, 0.5) is 21.9 Å². The van der Waals surface area contributed by atoms with Gasteiger partial charge in [-0.25, -0.2) is 9.69 Å². The summed E-state index contributed by atoms with van der Waals surface area (Å²) >= 11 is 1.40. The highest BCUT2D eigenvalue weighted by atomic mass is 32.2. The van der Waals surface area contributed by atoms with Gasteiger partial charge in [-0.05, 0) is 119 Å². The van der Waals surface area contributed by atoms with E-state index in [1.165, 1.54) is 28.7 Å². The number of ketones is 1. The maximum absolute atomic E-state index is 14.2.